The molecule has 1 amide bonds. The van der Waals surface area contributed by atoms with E-state index in [9.17, 15) is 13.2 Å². The third-order valence-corrected chi connectivity index (χ3v) is 5.23. The lowest BCUT2D eigenvalue weighted by molar-refractivity contribution is 0.0937. The molecule has 2 aromatic carbocycles. The second-order valence-corrected chi connectivity index (χ2v) is 7.53. The minimum Gasteiger partial charge on any atom is -0.383 e. The maximum atomic E-state index is 12.4. The maximum Gasteiger partial charge on any atom is 0.251 e. The number of hydrogen-bond acceptors (Lipinski definition) is 4. The molecule has 0 saturated carbocycles. The first-order valence-corrected chi connectivity index (χ1v) is 9.92. The van der Waals surface area contributed by atoms with E-state index in [-0.39, 0.29) is 10.8 Å². The molecule has 0 fully saturated rings. The van der Waals surface area contributed by atoms with Crippen molar-refractivity contribution in [2.75, 3.05) is 26.8 Å². The van der Waals surface area contributed by atoms with Crippen LogP contribution in [0.15, 0.2) is 59.5 Å². The van der Waals surface area contributed by atoms with Crippen LogP contribution in [0.3, 0.4) is 0 Å². The van der Waals surface area contributed by atoms with Crippen LogP contribution < -0.4 is 10.0 Å². The molecule has 0 radical (unpaired) electrons. The fraction of sp³-hybridized carbons (Fsp3) is 0.316. The van der Waals surface area contributed by atoms with Gasteiger partial charge in [0.15, 0.2) is 0 Å². The molecule has 0 spiro atoms. The molecule has 6 nitrogen and oxygen atoms in total. The van der Waals surface area contributed by atoms with Crippen LogP contribution in [-0.4, -0.2) is 41.1 Å². The Labute approximate surface area is 154 Å². The van der Waals surface area contributed by atoms with E-state index in [1.54, 1.807) is 19.2 Å². The smallest absolute Gasteiger partial charge is 0.251 e. The average molecular weight is 376 g/mol. The number of sulfonamides is 1. The molecule has 0 aliphatic heterocycles. The van der Waals surface area contributed by atoms with Gasteiger partial charge in [-0.3, -0.25) is 4.79 Å². The molecule has 0 heterocycles. The van der Waals surface area contributed by atoms with Gasteiger partial charge in [0.2, 0.25) is 10.0 Å². The fourth-order valence-electron chi connectivity index (χ4n) is 2.40. The predicted molar refractivity (Wildman–Crippen MR) is 101 cm³/mol. The highest BCUT2D eigenvalue weighted by Crippen LogP contribution is 2.12. The molecule has 2 aromatic rings. The summed E-state index contributed by atoms with van der Waals surface area (Å²) in [5.74, 6) is -0.330. The Morgan fingerprint density at radius 2 is 1.81 bits per heavy atom. The van der Waals surface area contributed by atoms with Crippen LogP contribution >= 0.6 is 0 Å². The second kappa shape index (κ2) is 10.1. The van der Waals surface area contributed by atoms with Gasteiger partial charge in [-0.1, -0.05) is 36.4 Å². The van der Waals surface area contributed by atoms with E-state index < -0.39 is 10.0 Å². The Hall–Kier alpha value is -2.22. The largest absolute Gasteiger partial charge is 0.383 e. The minimum atomic E-state index is -3.65. The molecule has 0 bridgehead atoms. The van der Waals surface area contributed by atoms with Crippen LogP contribution in [0.4, 0.5) is 0 Å². The quantitative estimate of drug-likeness (QED) is 0.621. The minimum absolute atomic E-state index is 0.0802. The summed E-state index contributed by atoms with van der Waals surface area (Å²) in [6.07, 6.45) is 1.49. The molecular weight excluding hydrogens is 352 g/mol. The van der Waals surface area contributed by atoms with Crippen molar-refractivity contribution in [3.8, 4) is 0 Å². The Morgan fingerprint density at radius 3 is 2.54 bits per heavy atom. The first-order chi connectivity index (χ1) is 12.5. The van der Waals surface area contributed by atoms with Gasteiger partial charge in [0.25, 0.3) is 5.91 Å². The lowest BCUT2D eigenvalue weighted by Crippen LogP contribution is -2.28. The van der Waals surface area contributed by atoms with E-state index in [0.717, 1.165) is 6.42 Å². The highest BCUT2D eigenvalue weighted by molar-refractivity contribution is 7.89. The summed E-state index contributed by atoms with van der Waals surface area (Å²) in [7, 11) is -2.11. The summed E-state index contributed by atoms with van der Waals surface area (Å²) in [4.78, 5) is 12.1. The van der Waals surface area contributed by atoms with Crippen molar-refractivity contribution in [2.45, 2.75) is 17.7 Å². The summed E-state index contributed by atoms with van der Waals surface area (Å²) in [6.45, 7) is 1.10. The standard InChI is InChI=1S/C19H24N2O4S/c1-25-14-13-20-19(22)17-10-5-11-18(15-17)26(23,24)21-12-6-9-16-7-3-2-4-8-16/h2-5,7-8,10-11,15,21H,6,9,12-14H2,1H3,(H,20,22). The molecular formula is C19H24N2O4S. The number of methoxy groups -OCH3 is 1. The molecule has 0 aromatic heterocycles. The highest BCUT2D eigenvalue weighted by atomic mass is 32.2. The van der Waals surface area contributed by atoms with Crippen molar-refractivity contribution in [1.82, 2.24) is 10.0 Å². The first-order valence-electron chi connectivity index (χ1n) is 8.44. The third kappa shape index (κ3) is 6.25. The van der Waals surface area contributed by atoms with Gasteiger partial charge < -0.3 is 10.1 Å². The molecule has 2 N–H and O–H groups in total. The zero-order valence-corrected chi connectivity index (χ0v) is 15.6. The number of carbonyl (C=O) groups is 1. The van der Waals surface area contributed by atoms with Gasteiger partial charge in [-0.05, 0) is 36.6 Å². The molecule has 7 heteroatoms. The van der Waals surface area contributed by atoms with Gasteiger partial charge in [0, 0.05) is 25.8 Å². The molecule has 0 aliphatic rings. The summed E-state index contributed by atoms with van der Waals surface area (Å²) < 4.78 is 32.3. The zero-order valence-electron chi connectivity index (χ0n) is 14.8. The van der Waals surface area contributed by atoms with Crippen LogP contribution in [0, 0.1) is 0 Å². The van der Waals surface area contributed by atoms with Gasteiger partial charge in [-0.25, -0.2) is 13.1 Å². The van der Waals surface area contributed by atoms with E-state index in [1.165, 1.54) is 17.7 Å². The second-order valence-electron chi connectivity index (χ2n) is 5.76. The molecule has 0 saturated heterocycles. The number of rotatable bonds is 10. The van der Waals surface area contributed by atoms with Crippen molar-refractivity contribution in [2.24, 2.45) is 0 Å². The van der Waals surface area contributed by atoms with E-state index in [0.29, 0.717) is 31.7 Å². The van der Waals surface area contributed by atoms with E-state index in [4.69, 9.17) is 4.74 Å². The Balaban J connectivity index is 1.91. The van der Waals surface area contributed by atoms with Gasteiger partial charge in [0.1, 0.15) is 0 Å². The average Bonchev–Trinajstić information content (AvgIpc) is 2.66. The predicted octanol–water partition coefficient (Wildman–Crippen LogP) is 1.97. The van der Waals surface area contributed by atoms with Crippen molar-refractivity contribution in [1.29, 1.82) is 0 Å². The summed E-state index contributed by atoms with van der Waals surface area (Å²) >= 11 is 0. The summed E-state index contributed by atoms with van der Waals surface area (Å²) in [5.41, 5.74) is 1.47. The molecule has 0 aliphatic carbocycles. The topological polar surface area (TPSA) is 84.5 Å². The van der Waals surface area contributed by atoms with Crippen molar-refractivity contribution < 1.29 is 17.9 Å². The van der Waals surface area contributed by atoms with E-state index in [1.807, 2.05) is 30.3 Å². The van der Waals surface area contributed by atoms with Crippen molar-refractivity contribution >= 4 is 15.9 Å². The third-order valence-electron chi connectivity index (χ3n) is 3.78. The molecule has 0 unspecified atom stereocenters. The fourth-order valence-corrected chi connectivity index (χ4v) is 3.52. The van der Waals surface area contributed by atoms with E-state index >= 15 is 0 Å². The van der Waals surface area contributed by atoms with Crippen LogP contribution in [0.25, 0.3) is 0 Å². The van der Waals surface area contributed by atoms with Crippen LogP contribution in [0.2, 0.25) is 0 Å². The number of hydrogen-bond donors (Lipinski definition) is 2. The number of aryl methyl sites for hydroxylation is 1. The van der Waals surface area contributed by atoms with Crippen LogP contribution in [-0.2, 0) is 21.2 Å². The molecule has 0 atom stereocenters. The number of amides is 1. The first kappa shape index (κ1) is 20.1. The van der Waals surface area contributed by atoms with Gasteiger partial charge in [-0.2, -0.15) is 0 Å². The number of carbonyl (C=O) groups excluding carboxylic acids is 1. The Kier molecular flexibility index (Phi) is 7.77. The van der Waals surface area contributed by atoms with E-state index in [2.05, 4.69) is 10.0 Å². The summed E-state index contributed by atoms with van der Waals surface area (Å²) in [5, 5.41) is 2.67. The molecule has 26 heavy (non-hydrogen) atoms. The maximum absolute atomic E-state index is 12.4. The van der Waals surface area contributed by atoms with Crippen LogP contribution in [0.5, 0.6) is 0 Å². The number of benzene rings is 2. The Morgan fingerprint density at radius 1 is 1.04 bits per heavy atom. The lowest BCUT2D eigenvalue weighted by atomic mass is 10.1. The zero-order chi connectivity index (χ0) is 18.8. The van der Waals surface area contributed by atoms with Gasteiger partial charge in [-0.15, -0.1) is 0 Å². The summed E-state index contributed by atoms with van der Waals surface area (Å²) in [6, 6.07) is 15.9. The highest BCUT2D eigenvalue weighted by Gasteiger charge is 2.15. The van der Waals surface area contributed by atoms with Crippen molar-refractivity contribution in [3.63, 3.8) is 0 Å². The van der Waals surface area contributed by atoms with Gasteiger partial charge >= 0.3 is 0 Å². The number of nitrogens with one attached hydrogen (secondary N) is 2. The SMILES string of the molecule is COCCNC(=O)c1cccc(S(=O)(=O)NCCCc2ccccc2)c1. The number of ether oxygens (including phenoxy) is 1. The monoisotopic (exact) mass is 376 g/mol. The Bertz CT molecular complexity index is 807. The van der Waals surface area contributed by atoms with Crippen LogP contribution in [0.1, 0.15) is 22.3 Å². The molecule has 140 valence electrons. The van der Waals surface area contributed by atoms with Crippen molar-refractivity contribution in [3.05, 3.63) is 65.7 Å². The lowest BCUT2D eigenvalue weighted by Gasteiger charge is -2.09. The molecule has 2 rings (SSSR count). The van der Waals surface area contributed by atoms with Gasteiger partial charge in [0.05, 0.1) is 11.5 Å². The normalized spacial score (nSPS) is 11.3.